The Labute approximate surface area is 72.8 Å². The molecule has 1 aliphatic heterocycles. The predicted molar refractivity (Wildman–Crippen MR) is 36.6 cm³/mol. The van der Waals surface area contributed by atoms with E-state index in [1.165, 1.54) is 0 Å². The van der Waals surface area contributed by atoms with E-state index in [1.54, 1.807) is 0 Å². The summed E-state index contributed by atoms with van der Waals surface area (Å²) in [6.45, 7) is -0.739. The van der Waals surface area contributed by atoms with E-state index >= 15 is 0 Å². The highest BCUT2D eigenvalue weighted by atomic mass is 16.8. The van der Waals surface area contributed by atoms with Crippen molar-refractivity contribution in [2.75, 3.05) is 6.61 Å². The van der Waals surface area contributed by atoms with E-state index < -0.39 is 36.7 Å². The van der Waals surface area contributed by atoms with E-state index in [2.05, 4.69) is 4.74 Å². The van der Waals surface area contributed by atoms with Gasteiger partial charge in [-0.25, -0.2) is 4.79 Å². The first-order valence-electron chi connectivity index (χ1n) is 3.54. The zero-order chi connectivity index (χ0) is 10.2. The maximum atomic E-state index is 10.3. The number of carbonyl (C=O) groups is 1. The van der Waals surface area contributed by atoms with Crippen LogP contribution in [0.25, 0.3) is 0 Å². The number of ether oxygens (including phenoxy) is 1. The molecule has 0 aromatic heterocycles. The number of aliphatic hydroxyl groups excluding tert-OH is 3. The molecule has 76 valence electrons. The quantitative estimate of drug-likeness (QED) is 0.299. The fraction of sp³-hybridized carbons (Fsp3) is 0.833. The molecule has 0 bridgehead atoms. The van der Waals surface area contributed by atoms with Crippen molar-refractivity contribution < 1.29 is 35.1 Å². The Balaban J connectivity index is 2.55. The van der Waals surface area contributed by atoms with Gasteiger partial charge in [-0.3, -0.25) is 0 Å². The first-order valence-corrected chi connectivity index (χ1v) is 3.54. The fourth-order valence-electron chi connectivity index (χ4n) is 0.943. The highest BCUT2D eigenvalue weighted by Gasteiger charge is 2.66. The predicted octanol–water partition coefficient (Wildman–Crippen LogP) is -3.13. The third kappa shape index (κ3) is 1.64. The molecule has 0 unspecified atom stereocenters. The summed E-state index contributed by atoms with van der Waals surface area (Å²) in [7, 11) is 0. The molecule has 0 aromatic rings. The SMILES string of the molecule is O=C(O)[C@@]1(O)O[C@H]1[C@H](O)[C@H](O)CO. The van der Waals surface area contributed by atoms with Gasteiger partial charge in [0.1, 0.15) is 12.2 Å². The van der Waals surface area contributed by atoms with Crippen LogP contribution in [-0.4, -0.2) is 62.2 Å². The topological polar surface area (TPSA) is 131 Å². The highest BCUT2D eigenvalue weighted by Crippen LogP contribution is 2.37. The molecule has 1 rings (SSSR count). The van der Waals surface area contributed by atoms with Gasteiger partial charge in [0.25, 0.3) is 5.79 Å². The normalized spacial score (nSPS) is 36.8. The number of rotatable bonds is 4. The third-order valence-corrected chi connectivity index (χ3v) is 1.83. The molecule has 1 aliphatic rings. The van der Waals surface area contributed by atoms with E-state index in [4.69, 9.17) is 25.5 Å². The Morgan fingerprint density at radius 3 is 2.38 bits per heavy atom. The Hall–Kier alpha value is -0.730. The molecule has 1 saturated heterocycles. The zero-order valence-electron chi connectivity index (χ0n) is 6.49. The lowest BCUT2D eigenvalue weighted by Gasteiger charge is -2.12. The van der Waals surface area contributed by atoms with Gasteiger partial charge < -0.3 is 30.3 Å². The van der Waals surface area contributed by atoms with Crippen LogP contribution in [0.4, 0.5) is 0 Å². The van der Waals surface area contributed by atoms with E-state index in [9.17, 15) is 4.79 Å². The van der Waals surface area contributed by atoms with Crippen molar-refractivity contribution in [1.29, 1.82) is 0 Å². The number of aliphatic hydroxyl groups is 4. The molecule has 1 heterocycles. The highest BCUT2D eigenvalue weighted by molar-refractivity contribution is 5.79. The van der Waals surface area contributed by atoms with Crippen LogP contribution in [-0.2, 0) is 9.53 Å². The molecule has 0 radical (unpaired) electrons. The molecular formula is C6H10O7. The zero-order valence-corrected chi connectivity index (χ0v) is 6.49. The van der Waals surface area contributed by atoms with Crippen LogP contribution >= 0.6 is 0 Å². The van der Waals surface area contributed by atoms with Crippen molar-refractivity contribution in [2.24, 2.45) is 0 Å². The Bertz CT molecular complexity index is 217. The summed E-state index contributed by atoms with van der Waals surface area (Å²) in [5, 5.41) is 43.7. The van der Waals surface area contributed by atoms with Crippen LogP contribution in [0.5, 0.6) is 0 Å². The maximum Gasteiger partial charge on any atom is 0.367 e. The Morgan fingerprint density at radius 1 is 1.54 bits per heavy atom. The van der Waals surface area contributed by atoms with Gasteiger partial charge in [-0.1, -0.05) is 0 Å². The number of hydrogen-bond donors (Lipinski definition) is 5. The number of carboxylic acid groups (broad SMARTS) is 1. The van der Waals surface area contributed by atoms with Crippen molar-refractivity contribution in [3.63, 3.8) is 0 Å². The average molecular weight is 194 g/mol. The van der Waals surface area contributed by atoms with Crippen molar-refractivity contribution in [1.82, 2.24) is 0 Å². The summed E-state index contributed by atoms with van der Waals surface area (Å²) in [6.07, 6.45) is -4.54. The van der Waals surface area contributed by atoms with E-state index in [1.807, 2.05) is 0 Å². The smallest absolute Gasteiger partial charge is 0.367 e. The molecule has 0 saturated carbocycles. The maximum absolute atomic E-state index is 10.3. The number of epoxide rings is 1. The molecule has 1 fully saturated rings. The van der Waals surface area contributed by atoms with Crippen LogP contribution in [0.2, 0.25) is 0 Å². The van der Waals surface area contributed by atoms with E-state index in [-0.39, 0.29) is 0 Å². The number of hydrogen-bond acceptors (Lipinski definition) is 6. The molecular weight excluding hydrogens is 184 g/mol. The Morgan fingerprint density at radius 2 is 2.08 bits per heavy atom. The van der Waals surface area contributed by atoms with Gasteiger partial charge in [-0.05, 0) is 0 Å². The minimum absolute atomic E-state index is 0.739. The van der Waals surface area contributed by atoms with Crippen LogP contribution in [0.15, 0.2) is 0 Å². The average Bonchev–Trinajstić information content (AvgIpc) is 2.77. The Kier molecular flexibility index (Phi) is 2.55. The van der Waals surface area contributed by atoms with Crippen LogP contribution in [0.3, 0.4) is 0 Å². The first kappa shape index (κ1) is 10.4. The van der Waals surface area contributed by atoms with E-state index in [0.717, 1.165) is 0 Å². The minimum Gasteiger partial charge on any atom is -0.477 e. The molecule has 7 nitrogen and oxygen atoms in total. The summed E-state index contributed by atoms with van der Waals surface area (Å²) in [4.78, 5) is 10.3. The second kappa shape index (κ2) is 3.20. The van der Waals surface area contributed by atoms with Crippen molar-refractivity contribution in [3.05, 3.63) is 0 Å². The van der Waals surface area contributed by atoms with Gasteiger partial charge in [0, 0.05) is 0 Å². The van der Waals surface area contributed by atoms with Gasteiger partial charge in [0.15, 0.2) is 6.10 Å². The van der Waals surface area contributed by atoms with Gasteiger partial charge in [-0.2, -0.15) is 0 Å². The fourth-order valence-corrected chi connectivity index (χ4v) is 0.943. The van der Waals surface area contributed by atoms with Gasteiger partial charge in [-0.15, -0.1) is 0 Å². The third-order valence-electron chi connectivity index (χ3n) is 1.83. The van der Waals surface area contributed by atoms with Crippen molar-refractivity contribution in [3.8, 4) is 0 Å². The number of carboxylic acids is 1. The summed E-state index contributed by atoms with van der Waals surface area (Å²) >= 11 is 0. The number of aliphatic carboxylic acids is 1. The first-order chi connectivity index (χ1) is 5.93. The van der Waals surface area contributed by atoms with E-state index in [0.29, 0.717) is 0 Å². The molecule has 13 heavy (non-hydrogen) atoms. The minimum atomic E-state index is -2.43. The van der Waals surface area contributed by atoms with Crippen molar-refractivity contribution >= 4 is 5.97 Å². The molecule has 7 heteroatoms. The lowest BCUT2D eigenvalue weighted by atomic mass is 10.1. The molecule has 0 amide bonds. The van der Waals surface area contributed by atoms with Gasteiger partial charge in [0.05, 0.1) is 6.61 Å². The summed E-state index contributed by atoms with van der Waals surface area (Å²) in [5.74, 6) is -4.07. The van der Waals surface area contributed by atoms with Gasteiger partial charge >= 0.3 is 5.97 Å². The second-order valence-corrected chi connectivity index (χ2v) is 2.78. The largest absolute Gasteiger partial charge is 0.477 e. The lowest BCUT2D eigenvalue weighted by Crippen LogP contribution is -2.39. The van der Waals surface area contributed by atoms with Crippen LogP contribution in [0, 0.1) is 0 Å². The molecule has 0 aliphatic carbocycles. The molecule has 4 atom stereocenters. The molecule has 0 aromatic carbocycles. The monoisotopic (exact) mass is 194 g/mol. The summed E-state index contributed by atoms with van der Waals surface area (Å²) < 4.78 is 4.29. The van der Waals surface area contributed by atoms with Crippen molar-refractivity contribution in [2.45, 2.75) is 24.1 Å². The van der Waals surface area contributed by atoms with Crippen LogP contribution < -0.4 is 0 Å². The van der Waals surface area contributed by atoms with Crippen LogP contribution in [0.1, 0.15) is 0 Å². The second-order valence-electron chi connectivity index (χ2n) is 2.78. The van der Waals surface area contributed by atoms with Gasteiger partial charge in [0.2, 0.25) is 0 Å². The standard InChI is InChI=1S/C6H10O7/c7-1-2(8)3(9)4-6(12,13-4)5(10)11/h2-4,7-9,12H,1H2,(H,10,11)/t2-,3-,4+,6+/m1/s1. The molecule has 0 spiro atoms. The summed E-state index contributed by atoms with van der Waals surface area (Å²) in [6, 6.07) is 0. The summed E-state index contributed by atoms with van der Waals surface area (Å²) in [5.41, 5.74) is 0. The lowest BCUT2D eigenvalue weighted by molar-refractivity contribution is -0.157. The molecule has 5 N–H and O–H groups in total.